The van der Waals surface area contributed by atoms with Crippen LogP contribution in [-0.4, -0.2) is 47.1 Å². The lowest BCUT2D eigenvalue weighted by molar-refractivity contribution is -0.225. The number of rotatable bonds is 11. The van der Waals surface area contributed by atoms with Crippen LogP contribution in [0.25, 0.3) is 0 Å². The zero-order valence-corrected chi connectivity index (χ0v) is 26.7. The van der Waals surface area contributed by atoms with Crippen LogP contribution in [0.3, 0.4) is 0 Å². The van der Waals surface area contributed by atoms with Gasteiger partial charge in [-0.15, -0.1) is 0 Å². The van der Waals surface area contributed by atoms with Crippen LogP contribution in [0.5, 0.6) is 0 Å². The molecule has 4 aliphatic rings. The number of unbranched alkanes of at least 4 members (excludes halogenated alkanes) is 2. The van der Waals surface area contributed by atoms with E-state index in [0.29, 0.717) is 12.8 Å². The summed E-state index contributed by atoms with van der Waals surface area (Å²) in [5, 5.41) is 12.1. The summed E-state index contributed by atoms with van der Waals surface area (Å²) in [4.78, 5) is 38.1. The summed E-state index contributed by atoms with van der Waals surface area (Å²) in [5.41, 5.74) is -0.184. The minimum absolute atomic E-state index is 0.0167. The first-order chi connectivity index (χ1) is 20.4. The third-order valence-corrected chi connectivity index (χ3v) is 12.2. The number of hydrogen-bond donors (Lipinski definition) is 1. The van der Waals surface area contributed by atoms with Crippen molar-refractivity contribution in [1.29, 1.82) is 0 Å². The smallest absolute Gasteiger partial charge is 0.303 e. The fourth-order valence-electron chi connectivity index (χ4n) is 9.61. The Morgan fingerprint density at radius 3 is 2.51 bits per heavy atom. The van der Waals surface area contributed by atoms with Crippen molar-refractivity contribution in [3.8, 4) is 0 Å². The summed E-state index contributed by atoms with van der Waals surface area (Å²) in [5.74, 6) is -0.344. The minimum atomic E-state index is -1.13. The van der Waals surface area contributed by atoms with Crippen molar-refractivity contribution >= 4 is 17.5 Å². The number of ether oxygens (including phenoxy) is 2. The maximum atomic E-state index is 14.1. The molecule has 4 aliphatic carbocycles. The summed E-state index contributed by atoms with van der Waals surface area (Å²) in [6.07, 6.45) is 13.2. The van der Waals surface area contributed by atoms with Gasteiger partial charge in [-0.25, -0.2) is 0 Å². The Kier molecular flexibility index (Phi) is 8.95. The van der Waals surface area contributed by atoms with Crippen molar-refractivity contribution < 1.29 is 29.0 Å². The van der Waals surface area contributed by atoms with Crippen LogP contribution in [0.15, 0.2) is 54.1 Å². The summed E-state index contributed by atoms with van der Waals surface area (Å²) in [6.45, 7) is 9.57. The van der Waals surface area contributed by atoms with Gasteiger partial charge in [0, 0.05) is 23.2 Å². The molecule has 5 rings (SSSR count). The maximum Gasteiger partial charge on any atom is 0.303 e. The number of ketones is 2. The number of carbonyl (C=O) groups is 3. The van der Waals surface area contributed by atoms with E-state index < -0.39 is 33.9 Å². The van der Waals surface area contributed by atoms with Crippen LogP contribution in [-0.2, 0) is 30.3 Å². The second kappa shape index (κ2) is 12.1. The Morgan fingerprint density at radius 2 is 1.79 bits per heavy atom. The van der Waals surface area contributed by atoms with Crippen LogP contribution in [0.2, 0.25) is 0 Å². The molecule has 0 radical (unpaired) electrons. The van der Waals surface area contributed by atoms with Gasteiger partial charge < -0.3 is 14.6 Å². The van der Waals surface area contributed by atoms with E-state index in [4.69, 9.17) is 9.47 Å². The van der Waals surface area contributed by atoms with Gasteiger partial charge in [-0.2, -0.15) is 0 Å². The van der Waals surface area contributed by atoms with Gasteiger partial charge in [0.05, 0.1) is 12.2 Å². The van der Waals surface area contributed by atoms with E-state index in [1.165, 1.54) is 12.5 Å². The number of hydrogen-bond acceptors (Lipinski definition) is 6. The molecular formula is C37H50O6. The molecule has 8 atom stereocenters. The molecule has 0 bridgehead atoms. The van der Waals surface area contributed by atoms with Gasteiger partial charge >= 0.3 is 5.97 Å². The standard InChI is InChI=1S/C37H50O6/c1-25(12-8-6-9-13-27-14-10-7-11-15-27)43-37(33(41)24-42-26(2)38)21-19-30-31-17-16-28-22-29(39)18-20-34(28,3)36(31,5)32(40)23-35(30,37)4/h7,10-11,14-15,18,20,22,25,30-32,40H,6,8-9,12-13,16-17,19,21,23-24H2,1-5H3. The van der Waals surface area contributed by atoms with Crippen molar-refractivity contribution in [2.45, 2.75) is 117 Å². The molecule has 0 amide bonds. The fraction of sp³-hybridized carbons (Fsp3) is 0.649. The van der Waals surface area contributed by atoms with E-state index in [-0.39, 0.29) is 36.1 Å². The number of aliphatic hydroxyl groups is 1. The van der Waals surface area contributed by atoms with Gasteiger partial charge in [0.15, 0.2) is 12.4 Å². The van der Waals surface area contributed by atoms with Crippen molar-refractivity contribution in [3.05, 3.63) is 59.7 Å². The van der Waals surface area contributed by atoms with Gasteiger partial charge in [-0.3, -0.25) is 14.4 Å². The lowest BCUT2D eigenvalue weighted by Gasteiger charge is -2.66. The summed E-state index contributed by atoms with van der Waals surface area (Å²) in [6, 6.07) is 10.5. The molecule has 6 heteroatoms. The number of Topliss-reactive ketones (excluding diaryl/α,β-unsaturated/α-hetero) is 1. The van der Waals surface area contributed by atoms with Gasteiger partial charge in [-0.1, -0.05) is 75.6 Å². The molecule has 43 heavy (non-hydrogen) atoms. The molecule has 3 fully saturated rings. The van der Waals surface area contributed by atoms with E-state index in [9.17, 15) is 19.5 Å². The Bertz CT molecular complexity index is 1280. The van der Waals surface area contributed by atoms with Gasteiger partial charge in [0.2, 0.25) is 5.78 Å². The SMILES string of the molecule is CC(=O)OCC(=O)C1(OC(C)CCCCCc2ccccc2)CCC2C3CCC4=CC(=O)C=CC4(C)C3(C)C(O)CC21C. The zero-order valence-electron chi connectivity index (χ0n) is 26.7. The molecule has 0 saturated heterocycles. The van der Waals surface area contributed by atoms with E-state index in [2.05, 4.69) is 52.0 Å². The topological polar surface area (TPSA) is 89.9 Å². The summed E-state index contributed by atoms with van der Waals surface area (Å²) < 4.78 is 12.2. The van der Waals surface area contributed by atoms with Crippen molar-refractivity contribution in [1.82, 2.24) is 0 Å². The fourth-order valence-corrected chi connectivity index (χ4v) is 9.61. The third kappa shape index (κ3) is 5.37. The molecule has 234 valence electrons. The average Bonchev–Trinajstić information content (AvgIpc) is 3.25. The van der Waals surface area contributed by atoms with Crippen LogP contribution in [0.4, 0.5) is 0 Å². The minimum Gasteiger partial charge on any atom is -0.458 e. The summed E-state index contributed by atoms with van der Waals surface area (Å²) >= 11 is 0. The Labute approximate surface area is 257 Å². The molecule has 0 aromatic heterocycles. The van der Waals surface area contributed by atoms with Gasteiger partial charge in [-0.05, 0) is 87.8 Å². The molecule has 0 aliphatic heterocycles. The first kappa shape index (κ1) is 31.8. The van der Waals surface area contributed by atoms with Crippen LogP contribution < -0.4 is 0 Å². The first-order valence-corrected chi connectivity index (χ1v) is 16.4. The Hall–Kier alpha value is -2.57. The highest BCUT2D eigenvalue weighted by atomic mass is 16.5. The number of benzene rings is 1. The number of aryl methyl sites for hydroxylation is 1. The van der Waals surface area contributed by atoms with Gasteiger partial charge in [0.25, 0.3) is 0 Å². The maximum absolute atomic E-state index is 14.1. The highest BCUT2D eigenvalue weighted by Gasteiger charge is 2.72. The quantitative estimate of drug-likeness (QED) is 0.227. The summed E-state index contributed by atoms with van der Waals surface area (Å²) in [7, 11) is 0. The molecule has 0 heterocycles. The first-order valence-electron chi connectivity index (χ1n) is 16.4. The van der Waals surface area contributed by atoms with E-state index in [1.54, 1.807) is 12.2 Å². The highest BCUT2D eigenvalue weighted by Crippen LogP contribution is 2.72. The van der Waals surface area contributed by atoms with Crippen LogP contribution in [0.1, 0.15) is 98.0 Å². The van der Waals surface area contributed by atoms with Crippen LogP contribution >= 0.6 is 0 Å². The lowest BCUT2D eigenvalue weighted by Crippen LogP contribution is -2.67. The molecule has 3 saturated carbocycles. The molecule has 1 N–H and O–H groups in total. The van der Waals surface area contributed by atoms with Crippen molar-refractivity contribution in [3.63, 3.8) is 0 Å². The Morgan fingerprint density at radius 1 is 1.05 bits per heavy atom. The normalized spacial score (nSPS) is 37.1. The predicted molar refractivity (Wildman–Crippen MR) is 166 cm³/mol. The molecular weight excluding hydrogens is 540 g/mol. The molecule has 0 spiro atoms. The number of allylic oxidation sites excluding steroid dienone is 4. The molecule has 1 aromatic carbocycles. The number of carbonyl (C=O) groups excluding carboxylic acids is 3. The van der Waals surface area contributed by atoms with Gasteiger partial charge in [0.1, 0.15) is 5.60 Å². The largest absolute Gasteiger partial charge is 0.458 e. The predicted octanol–water partition coefficient (Wildman–Crippen LogP) is 6.73. The monoisotopic (exact) mass is 590 g/mol. The van der Waals surface area contributed by atoms with E-state index in [0.717, 1.165) is 56.9 Å². The van der Waals surface area contributed by atoms with E-state index in [1.807, 2.05) is 12.1 Å². The lowest BCUT2D eigenvalue weighted by atomic mass is 9.39. The number of esters is 1. The highest BCUT2D eigenvalue weighted by molar-refractivity contribution is 6.01. The van der Waals surface area contributed by atoms with Crippen molar-refractivity contribution in [2.75, 3.05) is 6.61 Å². The van der Waals surface area contributed by atoms with E-state index >= 15 is 0 Å². The Balaban J connectivity index is 1.36. The molecule has 1 aromatic rings. The van der Waals surface area contributed by atoms with Crippen LogP contribution in [0, 0.1) is 28.1 Å². The number of fused-ring (bicyclic) bond motifs is 5. The average molecular weight is 591 g/mol. The van der Waals surface area contributed by atoms with Crippen molar-refractivity contribution in [2.24, 2.45) is 28.1 Å². The second-order valence-electron chi connectivity index (χ2n) is 14.4. The molecule has 8 unspecified atom stereocenters. The third-order valence-electron chi connectivity index (χ3n) is 12.2. The zero-order chi connectivity index (χ0) is 31.0. The number of aliphatic hydroxyl groups excluding tert-OH is 1. The molecule has 6 nitrogen and oxygen atoms in total. The second-order valence-corrected chi connectivity index (χ2v) is 14.4.